The Labute approximate surface area is 89.5 Å². The molecule has 0 saturated carbocycles. The van der Waals surface area contributed by atoms with Gasteiger partial charge in [-0.2, -0.15) is 0 Å². The molecule has 1 atom stereocenters. The molecule has 0 radical (unpaired) electrons. The molecule has 0 heterocycles. The average Bonchev–Trinajstić information content (AvgIpc) is 2.25. The molecule has 0 aliphatic heterocycles. The molecule has 1 aromatic rings. The fraction of sp³-hybridized carbons (Fsp3) is 0.500. The molecule has 1 N–H and O–H groups in total. The molecule has 1 unspecified atom stereocenters. The van der Waals surface area contributed by atoms with E-state index in [1.807, 2.05) is 30.3 Å². The van der Waals surface area contributed by atoms with Gasteiger partial charge < -0.3 is 5.32 Å². The fourth-order valence-corrected chi connectivity index (χ4v) is 1.57. The molecule has 0 aliphatic rings. The molecule has 0 spiro atoms. The Balaban J connectivity index is 2.27. The first-order chi connectivity index (χ1) is 7.24. The van der Waals surface area contributed by atoms with Gasteiger partial charge in [-0.1, -0.05) is 30.3 Å². The summed E-state index contributed by atoms with van der Waals surface area (Å²) in [6.45, 7) is 0. The van der Waals surface area contributed by atoms with E-state index in [0.29, 0.717) is 6.42 Å². The molecular formula is C12H17F2N. The molecule has 0 bridgehead atoms. The lowest BCUT2D eigenvalue weighted by Gasteiger charge is -2.14. The van der Waals surface area contributed by atoms with Crippen molar-refractivity contribution in [2.24, 2.45) is 0 Å². The first kappa shape index (κ1) is 12.1. The predicted molar refractivity (Wildman–Crippen MR) is 58.2 cm³/mol. The van der Waals surface area contributed by atoms with Gasteiger partial charge in [0, 0.05) is 0 Å². The first-order valence-corrected chi connectivity index (χ1v) is 5.23. The van der Waals surface area contributed by atoms with Crippen molar-refractivity contribution in [3.63, 3.8) is 0 Å². The largest absolute Gasteiger partial charge is 0.312 e. The number of halogens is 2. The predicted octanol–water partition coefficient (Wildman–Crippen LogP) is 2.86. The van der Waals surface area contributed by atoms with Crippen molar-refractivity contribution in [2.45, 2.75) is 31.7 Å². The maximum atomic E-state index is 12.4. The van der Waals surface area contributed by atoms with Crippen LogP contribution in [0.25, 0.3) is 0 Å². The zero-order chi connectivity index (χ0) is 11.1. The molecule has 1 nitrogen and oxygen atoms in total. The van der Waals surface area contributed by atoms with Crippen LogP contribution < -0.4 is 5.32 Å². The van der Waals surface area contributed by atoms with Crippen molar-refractivity contribution in [1.29, 1.82) is 0 Å². The van der Waals surface area contributed by atoms with Crippen molar-refractivity contribution < 1.29 is 8.78 Å². The summed E-state index contributed by atoms with van der Waals surface area (Å²) in [4.78, 5) is 0. The summed E-state index contributed by atoms with van der Waals surface area (Å²) in [6.07, 6.45) is -0.0972. The second-order valence-corrected chi connectivity index (χ2v) is 3.61. The molecule has 0 saturated heterocycles. The standard InChI is InChI=1S/C12H17F2N/c1-15-11(12(13)14)9-5-8-10-6-3-2-4-7-10/h2-4,6-7,11-12,15H,5,8-9H2,1H3. The van der Waals surface area contributed by atoms with Crippen LogP contribution in [0, 0.1) is 0 Å². The first-order valence-electron chi connectivity index (χ1n) is 5.23. The van der Waals surface area contributed by atoms with Gasteiger partial charge in [0.05, 0.1) is 6.04 Å². The molecule has 0 aromatic heterocycles. The van der Waals surface area contributed by atoms with Crippen molar-refractivity contribution in [3.05, 3.63) is 35.9 Å². The molecule has 0 fully saturated rings. The van der Waals surface area contributed by atoms with E-state index in [9.17, 15) is 8.78 Å². The van der Waals surface area contributed by atoms with Crippen LogP contribution in [0.4, 0.5) is 8.78 Å². The van der Waals surface area contributed by atoms with Crippen LogP contribution >= 0.6 is 0 Å². The van der Waals surface area contributed by atoms with Gasteiger partial charge in [-0.3, -0.25) is 0 Å². The second kappa shape index (κ2) is 6.51. The van der Waals surface area contributed by atoms with Gasteiger partial charge in [0.2, 0.25) is 0 Å². The van der Waals surface area contributed by atoms with E-state index >= 15 is 0 Å². The monoisotopic (exact) mass is 213 g/mol. The summed E-state index contributed by atoms with van der Waals surface area (Å²) in [5.41, 5.74) is 1.21. The number of aryl methyl sites for hydroxylation is 1. The normalized spacial score (nSPS) is 13.1. The zero-order valence-corrected chi connectivity index (χ0v) is 8.92. The van der Waals surface area contributed by atoms with Gasteiger partial charge in [0.25, 0.3) is 6.43 Å². The van der Waals surface area contributed by atoms with Crippen molar-refractivity contribution in [2.75, 3.05) is 7.05 Å². The molecule has 3 heteroatoms. The van der Waals surface area contributed by atoms with E-state index in [1.165, 1.54) is 5.56 Å². The van der Waals surface area contributed by atoms with Gasteiger partial charge in [0.1, 0.15) is 0 Å². The maximum Gasteiger partial charge on any atom is 0.253 e. The highest BCUT2D eigenvalue weighted by atomic mass is 19.3. The van der Waals surface area contributed by atoms with Gasteiger partial charge in [0.15, 0.2) is 0 Å². The summed E-state index contributed by atoms with van der Waals surface area (Å²) in [5.74, 6) is 0. The minimum atomic E-state index is -2.27. The van der Waals surface area contributed by atoms with Crippen LogP contribution in [-0.4, -0.2) is 19.5 Å². The van der Waals surface area contributed by atoms with Gasteiger partial charge in [-0.25, -0.2) is 8.78 Å². The minimum absolute atomic E-state index is 0.517. The van der Waals surface area contributed by atoms with Crippen LogP contribution in [0.1, 0.15) is 18.4 Å². The Bertz CT molecular complexity index is 262. The molecule has 0 aliphatic carbocycles. The van der Waals surface area contributed by atoms with Gasteiger partial charge in [-0.05, 0) is 31.9 Å². The van der Waals surface area contributed by atoms with Crippen LogP contribution in [0.2, 0.25) is 0 Å². The lowest BCUT2D eigenvalue weighted by molar-refractivity contribution is 0.0970. The van der Waals surface area contributed by atoms with Crippen molar-refractivity contribution in [3.8, 4) is 0 Å². The highest BCUT2D eigenvalue weighted by Crippen LogP contribution is 2.10. The van der Waals surface area contributed by atoms with Crippen LogP contribution in [0.3, 0.4) is 0 Å². The van der Waals surface area contributed by atoms with Crippen molar-refractivity contribution >= 4 is 0 Å². The third-order valence-electron chi connectivity index (χ3n) is 2.50. The molecule has 1 rings (SSSR count). The summed E-state index contributed by atoms with van der Waals surface area (Å²) in [7, 11) is 1.58. The van der Waals surface area contributed by atoms with Crippen LogP contribution in [-0.2, 0) is 6.42 Å². The van der Waals surface area contributed by atoms with E-state index in [2.05, 4.69) is 5.32 Å². The van der Waals surface area contributed by atoms with E-state index in [-0.39, 0.29) is 0 Å². The second-order valence-electron chi connectivity index (χ2n) is 3.61. The maximum absolute atomic E-state index is 12.4. The minimum Gasteiger partial charge on any atom is -0.312 e. The lowest BCUT2D eigenvalue weighted by Crippen LogP contribution is -2.32. The Morgan fingerprint density at radius 2 is 1.87 bits per heavy atom. The van der Waals surface area contributed by atoms with Crippen LogP contribution in [0.5, 0.6) is 0 Å². The highest BCUT2D eigenvalue weighted by molar-refractivity contribution is 5.14. The number of benzene rings is 1. The highest BCUT2D eigenvalue weighted by Gasteiger charge is 2.16. The number of hydrogen-bond donors (Lipinski definition) is 1. The molecular weight excluding hydrogens is 196 g/mol. The number of hydrogen-bond acceptors (Lipinski definition) is 1. The summed E-state index contributed by atoms with van der Waals surface area (Å²) < 4.78 is 24.7. The van der Waals surface area contributed by atoms with Gasteiger partial charge in [-0.15, -0.1) is 0 Å². The molecule has 1 aromatic carbocycles. The van der Waals surface area contributed by atoms with E-state index in [4.69, 9.17) is 0 Å². The molecule has 15 heavy (non-hydrogen) atoms. The Morgan fingerprint density at radius 3 is 2.40 bits per heavy atom. The lowest BCUT2D eigenvalue weighted by atomic mass is 10.1. The van der Waals surface area contributed by atoms with E-state index < -0.39 is 12.5 Å². The number of nitrogens with one attached hydrogen (secondary N) is 1. The third kappa shape index (κ3) is 4.38. The Kier molecular flexibility index (Phi) is 5.26. The zero-order valence-electron chi connectivity index (χ0n) is 8.92. The SMILES string of the molecule is CNC(CCCc1ccccc1)C(F)F. The van der Waals surface area contributed by atoms with E-state index in [1.54, 1.807) is 7.05 Å². The summed E-state index contributed by atoms with van der Waals surface area (Å²) >= 11 is 0. The number of rotatable bonds is 6. The van der Waals surface area contributed by atoms with Crippen molar-refractivity contribution in [1.82, 2.24) is 5.32 Å². The molecule has 0 amide bonds. The fourth-order valence-electron chi connectivity index (χ4n) is 1.57. The summed E-state index contributed by atoms with van der Waals surface area (Å²) in [5, 5.41) is 2.64. The molecule has 84 valence electrons. The third-order valence-corrected chi connectivity index (χ3v) is 2.50. The Hall–Kier alpha value is -0.960. The van der Waals surface area contributed by atoms with Crippen LogP contribution in [0.15, 0.2) is 30.3 Å². The van der Waals surface area contributed by atoms with Gasteiger partial charge >= 0.3 is 0 Å². The smallest absolute Gasteiger partial charge is 0.253 e. The Morgan fingerprint density at radius 1 is 1.20 bits per heavy atom. The topological polar surface area (TPSA) is 12.0 Å². The average molecular weight is 213 g/mol. The summed E-state index contributed by atoms with van der Waals surface area (Å²) in [6, 6.07) is 9.27. The number of alkyl halides is 2. The van der Waals surface area contributed by atoms with E-state index in [0.717, 1.165) is 12.8 Å². The quantitative estimate of drug-likeness (QED) is 0.766.